The van der Waals surface area contributed by atoms with Crippen molar-refractivity contribution in [1.29, 1.82) is 0 Å². The van der Waals surface area contributed by atoms with Crippen LogP contribution in [-0.2, 0) is 16.1 Å². The van der Waals surface area contributed by atoms with Gasteiger partial charge < -0.3 is 9.64 Å². The number of nitrogens with zero attached hydrogens (tertiary/aromatic N) is 3. The summed E-state index contributed by atoms with van der Waals surface area (Å²) in [6, 6.07) is 9.77. The summed E-state index contributed by atoms with van der Waals surface area (Å²) < 4.78 is 5.42. The normalized spacial score (nSPS) is 15.5. The van der Waals surface area contributed by atoms with Gasteiger partial charge in [-0.05, 0) is 18.4 Å². The first-order valence-electron chi connectivity index (χ1n) is 7.54. The molecule has 0 aliphatic carbocycles. The summed E-state index contributed by atoms with van der Waals surface area (Å²) in [4.78, 5) is 22.7. The molecule has 0 amide bonds. The third kappa shape index (κ3) is 3.61. The van der Waals surface area contributed by atoms with E-state index in [-0.39, 0.29) is 11.9 Å². The van der Waals surface area contributed by atoms with Crippen LogP contribution in [-0.4, -0.2) is 29.0 Å². The van der Waals surface area contributed by atoms with Crippen LogP contribution < -0.4 is 4.90 Å². The Kier molecular flexibility index (Phi) is 4.63. The highest BCUT2D eigenvalue weighted by Gasteiger charge is 2.26. The Morgan fingerprint density at radius 3 is 2.64 bits per heavy atom. The van der Waals surface area contributed by atoms with Crippen molar-refractivity contribution in [2.24, 2.45) is 5.92 Å². The van der Waals surface area contributed by atoms with E-state index in [2.05, 4.69) is 14.9 Å². The van der Waals surface area contributed by atoms with Gasteiger partial charge in [0.2, 0.25) is 0 Å². The lowest BCUT2D eigenvalue weighted by Gasteiger charge is -2.31. The molecule has 1 saturated heterocycles. The van der Waals surface area contributed by atoms with Crippen molar-refractivity contribution < 1.29 is 9.53 Å². The Morgan fingerprint density at radius 1 is 1.18 bits per heavy atom. The Labute approximate surface area is 130 Å². The van der Waals surface area contributed by atoms with Crippen LogP contribution in [0.5, 0.6) is 0 Å². The van der Waals surface area contributed by atoms with E-state index < -0.39 is 0 Å². The zero-order valence-corrected chi connectivity index (χ0v) is 12.4. The smallest absolute Gasteiger partial charge is 0.309 e. The lowest BCUT2D eigenvalue weighted by atomic mass is 9.97. The standard InChI is InChI=1S/C17H19N3O2/c21-17(22-13-14-4-2-1-3-5-14)15-6-10-20(11-7-15)16-12-18-8-9-19-16/h1-5,8-9,12,15H,6-7,10-11,13H2. The van der Waals surface area contributed by atoms with E-state index in [9.17, 15) is 4.79 Å². The lowest BCUT2D eigenvalue weighted by Crippen LogP contribution is -2.37. The molecule has 1 aromatic carbocycles. The number of aromatic nitrogens is 2. The first-order valence-corrected chi connectivity index (χ1v) is 7.54. The van der Waals surface area contributed by atoms with Crippen molar-refractivity contribution in [3.63, 3.8) is 0 Å². The second kappa shape index (κ2) is 7.02. The molecule has 1 fully saturated rings. The molecule has 2 heterocycles. The van der Waals surface area contributed by atoms with E-state index in [4.69, 9.17) is 4.74 Å². The number of esters is 1. The van der Waals surface area contributed by atoms with Crippen molar-refractivity contribution in [3.05, 3.63) is 54.5 Å². The molecule has 2 aromatic rings. The maximum atomic E-state index is 12.1. The molecule has 1 aliphatic rings. The minimum atomic E-state index is -0.0948. The first kappa shape index (κ1) is 14.5. The van der Waals surface area contributed by atoms with Gasteiger partial charge in [0.05, 0.1) is 12.1 Å². The third-order valence-electron chi connectivity index (χ3n) is 3.93. The van der Waals surface area contributed by atoms with Crippen LogP contribution in [0, 0.1) is 5.92 Å². The predicted molar refractivity (Wildman–Crippen MR) is 83.2 cm³/mol. The van der Waals surface area contributed by atoms with Gasteiger partial charge in [0.25, 0.3) is 0 Å². The van der Waals surface area contributed by atoms with Crippen LogP contribution in [0.25, 0.3) is 0 Å². The fourth-order valence-electron chi connectivity index (χ4n) is 2.65. The monoisotopic (exact) mass is 297 g/mol. The molecule has 0 unspecified atom stereocenters. The maximum absolute atomic E-state index is 12.1. The van der Waals surface area contributed by atoms with Gasteiger partial charge in [0.1, 0.15) is 12.4 Å². The molecule has 5 nitrogen and oxygen atoms in total. The molecule has 1 aromatic heterocycles. The number of carbonyl (C=O) groups is 1. The number of hydrogen-bond donors (Lipinski definition) is 0. The summed E-state index contributed by atoms with van der Waals surface area (Å²) in [6.45, 7) is 1.97. The molecule has 1 aliphatic heterocycles. The van der Waals surface area contributed by atoms with E-state index in [1.807, 2.05) is 30.3 Å². The quantitative estimate of drug-likeness (QED) is 0.811. The van der Waals surface area contributed by atoms with E-state index in [0.29, 0.717) is 6.61 Å². The summed E-state index contributed by atoms with van der Waals surface area (Å²) in [6.07, 6.45) is 6.70. The van der Waals surface area contributed by atoms with Gasteiger partial charge in [0.15, 0.2) is 0 Å². The number of piperidine rings is 1. The summed E-state index contributed by atoms with van der Waals surface area (Å²) in [7, 11) is 0. The molecule has 0 bridgehead atoms. The van der Waals surface area contributed by atoms with Gasteiger partial charge in [-0.15, -0.1) is 0 Å². The van der Waals surface area contributed by atoms with Gasteiger partial charge in [-0.25, -0.2) is 4.98 Å². The third-order valence-corrected chi connectivity index (χ3v) is 3.93. The first-order chi connectivity index (χ1) is 10.8. The van der Waals surface area contributed by atoms with E-state index >= 15 is 0 Å². The Hall–Kier alpha value is -2.43. The van der Waals surface area contributed by atoms with Crippen molar-refractivity contribution in [2.45, 2.75) is 19.4 Å². The summed E-state index contributed by atoms with van der Waals surface area (Å²) in [5, 5.41) is 0. The zero-order valence-electron chi connectivity index (χ0n) is 12.4. The number of rotatable bonds is 4. The molecule has 5 heteroatoms. The molecule has 22 heavy (non-hydrogen) atoms. The Morgan fingerprint density at radius 2 is 1.95 bits per heavy atom. The highest BCUT2D eigenvalue weighted by atomic mass is 16.5. The van der Waals surface area contributed by atoms with Crippen LogP contribution in [0.3, 0.4) is 0 Å². The zero-order chi connectivity index (χ0) is 15.2. The Bertz CT molecular complexity index is 596. The second-order valence-corrected chi connectivity index (χ2v) is 5.42. The van der Waals surface area contributed by atoms with Crippen LogP contribution in [0.2, 0.25) is 0 Å². The number of carbonyl (C=O) groups excluding carboxylic acids is 1. The average Bonchev–Trinajstić information content (AvgIpc) is 2.61. The molecule has 0 radical (unpaired) electrons. The predicted octanol–water partition coefficient (Wildman–Crippen LogP) is 2.44. The largest absolute Gasteiger partial charge is 0.461 e. The fourth-order valence-corrected chi connectivity index (χ4v) is 2.65. The van der Waals surface area contributed by atoms with Gasteiger partial charge >= 0.3 is 5.97 Å². The number of ether oxygens (including phenoxy) is 1. The summed E-state index contributed by atoms with van der Waals surface area (Å²) >= 11 is 0. The molecular formula is C17H19N3O2. The van der Waals surface area contributed by atoms with Gasteiger partial charge in [-0.1, -0.05) is 30.3 Å². The Balaban J connectivity index is 1.48. The van der Waals surface area contributed by atoms with E-state index in [1.165, 1.54) is 0 Å². The SMILES string of the molecule is O=C(OCc1ccccc1)C1CCN(c2cnccn2)CC1. The van der Waals surface area contributed by atoms with Gasteiger partial charge in [-0.3, -0.25) is 9.78 Å². The molecule has 0 saturated carbocycles. The van der Waals surface area contributed by atoms with Crippen LogP contribution >= 0.6 is 0 Å². The molecule has 3 rings (SSSR count). The molecule has 0 spiro atoms. The summed E-state index contributed by atoms with van der Waals surface area (Å²) in [5.74, 6) is 0.762. The molecular weight excluding hydrogens is 278 g/mol. The van der Waals surface area contributed by atoms with Crippen molar-refractivity contribution in [1.82, 2.24) is 9.97 Å². The van der Waals surface area contributed by atoms with Gasteiger partial charge in [-0.2, -0.15) is 0 Å². The number of benzene rings is 1. The topological polar surface area (TPSA) is 55.3 Å². The van der Waals surface area contributed by atoms with Crippen molar-refractivity contribution in [3.8, 4) is 0 Å². The maximum Gasteiger partial charge on any atom is 0.309 e. The second-order valence-electron chi connectivity index (χ2n) is 5.42. The molecule has 114 valence electrons. The summed E-state index contributed by atoms with van der Waals surface area (Å²) in [5.41, 5.74) is 1.02. The van der Waals surface area contributed by atoms with Crippen LogP contribution in [0.1, 0.15) is 18.4 Å². The van der Waals surface area contributed by atoms with Crippen LogP contribution in [0.4, 0.5) is 5.82 Å². The van der Waals surface area contributed by atoms with Gasteiger partial charge in [0, 0.05) is 25.5 Å². The molecule has 0 atom stereocenters. The number of hydrogen-bond acceptors (Lipinski definition) is 5. The fraction of sp³-hybridized carbons (Fsp3) is 0.353. The van der Waals surface area contributed by atoms with Crippen molar-refractivity contribution >= 4 is 11.8 Å². The van der Waals surface area contributed by atoms with E-state index in [1.54, 1.807) is 18.6 Å². The minimum absolute atomic E-state index is 0.0170. The average molecular weight is 297 g/mol. The lowest BCUT2D eigenvalue weighted by molar-refractivity contribution is -0.150. The van der Waals surface area contributed by atoms with Crippen LogP contribution in [0.15, 0.2) is 48.9 Å². The van der Waals surface area contributed by atoms with E-state index in [0.717, 1.165) is 37.3 Å². The number of anilines is 1. The molecule has 0 N–H and O–H groups in total. The van der Waals surface area contributed by atoms with Crippen molar-refractivity contribution in [2.75, 3.05) is 18.0 Å². The highest BCUT2D eigenvalue weighted by molar-refractivity contribution is 5.72. The minimum Gasteiger partial charge on any atom is -0.461 e. The highest BCUT2D eigenvalue weighted by Crippen LogP contribution is 2.22.